The van der Waals surface area contributed by atoms with E-state index in [0.29, 0.717) is 23.7 Å². The van der Waals surface area contributed by atoms with Crippen LogP contribution < -0.4 is 9.64 Å². The first kappa shape index (κ1) is 21.5. The van der Waals surface area contributed by atoms with Gasteiger partial charge in [0.05, 0.1) is 16.5 Å². The van der Waals surface area contributed by atoms with Crippen LogP contribution in [0.2, 0.25) is 5.02 Å². The van der Waals surface area contributed by atoms with Gasteiger partial charge in [-0.25, -0.2) is 8.42 Å². The van der Waals surface area contributed by atoms with Crippen LogP contribution in [0, 0.1) is 0 Å². The average Bonchev–Trinajstić information content (AvgIpc) is 3.05. The highest BCUT2D eigenvalue weighted by Gasteiger charge is 2.34. The predicted molar refractivity (Wildman–Crippen MR) is 115 cm³/mol. The number of para-hydroxylation sites is 1. The molecule has 8 heteroatoms. The number of hydrogen-bond donors (Lipinski definition) is 0. The standard InChI is InChI=1S/C21H25ClN2O4S/c1-23(2)17-9-7-16(8-10-17)13-24(18-11-12-29(26,27)15-18)21(25)14-28-20-6-4-3-5-19(20)22/h3-10,18H,11-15H2,1-2H3/t18-/m0/s1. The molecule has 1 aliphatic heterocycles. The molecule has 2 aromatic carbocycles. The van der Waals surface area contributed by atoms with E-state index in [4.69, 9.17) is 16.3 Å². The predicted octanol–water partition coefficient (Wildman–Crippen LogP) is 3.00. The Kier molecular flexibility index (Phi) is 6.70. The number of ether oxygens (including phenoxy) is 1. The van der Waals surface area contributed by atoms with Crippen molar-refractivity contribution in [2.75, 3.05) is 37.1 Å². The fourth-order valence-corrected chi connectivity index (χ4v) is 5.24. The molecule has 1 amide bonds. The molecule has 156 valence electrons. The van der Waals surface area contributed by atoms with Gasteiger partial charge in [-0.3, -0.25) is 4.79 Å². The van der Waals surface area contributed by atoms with Crippen molar-refractivity contribution in [3.63, 3.8) is 0 Å². The van der Waals surface area contributed by atoms with Gasteiger partial charge >= 0.3 is 0 Å². The highest BCUT2D eigenvalue weighted by Crippen LogP contribution is 2.25. The van der Waals surface area contributed by atoms with Gasteiger partial charge in [-0.15, -0.1) is 0 Å². The number of hydrogen-bond acceptors (Lipinski definition) is 5. The number of carbonyl (C=O) groups excluding carboxylic acids is 1. The zero-order valence-electron chi connectivity index (χ0n) is 16.5. The molecule has 6 nitrogen and oxygen atoms in total. The molecular weight excluding hydrogens is 412 g/mol. The fraction of sp³-hybridized carbons (Fsp3) is 0.381. The molecule has 0 unspecified atom stereocenters. The Hall–Kier alpha value is -2.25. The number of nitrogens with zero attached hydrogens (tertiary/aromatic N) is 2. The van der Waals surface area contributed by atoms with E-state index in [0.717, 1.165) is 11.3 Å². The maximum Gasteiger partial charge on any atom is 0.261 e. The van der Waals surface area contributed by atoms with E-state index in [9.17, 15) is 13.2 Å². The molecule has 29 heavy (non-hydrogen) atoms. The van der Waals surface area contributed by atoms with E-state index in [-0.39, 0.29) is 30.1 Å². The first-order valence-corrected chi connectivity index (χ1v) is 11.6. The lowest BCUT2D eigenvalue weighted by atomic mass is 10.1. The summed E-state index contributed by atoms with van der Waals surface area (Å²) in [6.07, 6.45) is 0.440. The Bertz CT molecular complexity index is 961. The summed E-state index contributed by atoms with van der Waals surface area (Å²) >= 11 is 6.09. The Morgan fingerprint density at radius 3 is 2.41 bits per heavy atom. The van der Waals surface area contributed by atoms with Crippen molar-refractivity contribution < 1.29 is 17.9 Å². The van der Waals surface area contributed by atoms with Crippen molar-refractivity contribution in [1.29, 1.82) is 0 Å². The molecule has 1 aliphatic rings. The first-order valence-electron chi connectivity index (χ1n) is 9.38. The second kappa shape index (κ2) is 9.05. The van der Waals surface area contributed by atoms with E-state index in [1.54, 1.807) is 29.2 Å². The molecule has 1 atom stereocenters. The van der Waals surface area contributed by atoms with Gasteiger partial charge < -0.3 is 14.5 Å². The van der Waals surface area contributed by atoms with Crippen molar-refractivity contribution in [2.45, 2.75) is 19.0 Å². The van der Waals surface area contributed by atoms with Crippen LogP contribution in [0.15, 0.2) is 48.5 Å². The summed E-state index contributed by atoms with van der Waals surface area (Å²) in [4.78, 5) is 16.6. The van der Waals surface area contributed by atoms with Crippen molar-refractivity contribution in [3.05, 3.63) is 59.1 Å². The Balaban J connectivity index is 1.75. The maximum atomic E-state index is 13.0. The third kappa shape index (κ3) is 5.64. The average molecular weight is 437 g/mol. The number of benzene rings is 2. The molecule has 1 fully saturated rings. The van der Waals surface area contributed by atoms with E-state index >= 15 is 0 Å². The quantitative estimate of drug-likeness (QED) is 0.667. The van der Waals surface area contributed by atoms with Crippen LogP contribution in [-0.4, -0.2) is 57.5 Å². The van der Waals surface area contributed by atoms with Crippen molar-refractivity contribution in [1.82, 2.24) is 4.90 Å². The summed E-state index contributed by atoms with van der Waals surface area (Å²) < 4.78 is 29.5. The Morgan fingerprint density at radius 2 is 1.83 bits per heavy atom. The second-order valence-corrected chi connectivity index (χ2v) is 9.99. The highest BCUT2D eigenvalue weighted by molar-refractivity contribution is 7.91. The number of anilines is 1. The maximum absolute atomic E-state index is 13.0. The van der Waals surface area contributed by atoms with Gasteiger partial charge in [0.1, 0.15) is 5.75 Å². The minimum atomic E-state index is -3.12. The largest absolute Gasteiger partial charge is 0.482 e. The number of sulfone groups is 1. The van der Waals surface area contributed by atoms with Gasteiger partial charge in [-0.1, -0.05) is 35.9 Å². The number of rotatable bonds is 7. The van der Waals surface area contributed by atoms with E-state index in [2.05, 4.69) is 0 Å². The van der Waals surface area contributed by atoms with Crippen molar-refractivity contribution >= 4 is 33.0 Å². The summed E-state index contributed by atoms with van der Waals surface area (Å²) in [5.74, 6) is 0.257. The third-order valence-corrected chi connectivity index (χ3v) is 7.03. The minimum Gasteiger partial charge on any atom is -0.482 e. The summed E-state index contributed by atoms with van der Waals surface area (Å²) in [6.45, 7) is 0.134. The molecule has 0 bridgehead atoms. The highest BCUT2D eigenvalue weighted by atomic mass is 35.5. The molecule has 0 spiro atoms. The number of amides is 1. The Morgan fingerprint density at radius 1 is 1.14 bits per heavy atom. The van der Waals surface area contributed by atoms with Crippen LogP contribution in [0.5, 0.6) is 5.75 Å². The van der Waals surface area contributed by atoms with Gasteiger partial charge in [-0.2, -0.15) is 0 Å². The minimum absolute atomic E-state index is 0.0133. The molecule has 0 aliphatic carbocycles. The van der Waals surface area contributed by atoms with Crippen molar-refractivity contribution in [2.24, 2.45) is 0 Å². The van der Waals surface area contributed by atoms with Gasteiger partial charge in [0.25, 0.3) is 5.91 Å². The zero-order valence-corrected chi connectivity index (χ0v) is 18.1. The third-order valence-electron chi connectivity index (χ3n) is 4.96. The SMILES string of the molecule is CN(C)c1ccc(CN(C(=O)COc2ccccc2Cl)[C@H]2CCS(=O)(=O)C2)cc1. The lowest BCUT2D eigenvalue weighted by Crippen LogP contribution is -2.43. The van der Waals surface area contributed by atoms with Crippen LogP contribution in [0.4, 0.5) is 5.69 Å². The lowest BCUT2D eigenvalue weighted by molar-refractivity contribution is -0.136. The molecule has 0 radical (unpaired) electrons. The monoisotopic (exact) mass is 436 g/mol. The van der Waals surface area contributed by atoms with E-state index in [1.807, 2.05) is 43.3 Å². The van der Waals surface area contributed by atoms with E-state index < -0.39 is 9.84 Å². The zero-order chi connectivity index (χ0) is 21.0. The fourth-order valence-electron chi connectivity index (χ4n) is 3.32. The molecule has 1 heterocycles. The van der Waals surface area contributed by atoms with Crippen LogP contribution in [0.3, 0.4) is 0 Å². The molecular formula is C21H25ClN2O4S. The van der Waals surface area contributed by atoms with Gasteiger partial charge in [0, 0.05) is 32.4 Å². The van der Waals surface area contributed by atoms with Gasteiger partial charge in [-0.05, 0) is 36.2 Å². The summed E-state index contributed by atoms with van der Waals surface area (Å²) in [7, 11) is 0.797. The van der Waals surface area contributed by atoms with Crippen molar-refractivity contribution in [3.8, 4) is 5.75 Å². The smallest absolute Gasteiger partial charge is 0.261 e. The summed E-state index contributed by atoms with van der Waals surface area (Å²) in [6, 6.07) is 14.4. The second-order valence-electron chi connectivity index (χ2n) is 7.36. The van der Waals surface area contributed by atoms with E-state index in [1.165, 1.54) is 0 Å². The topological polar surface area (TPSA) is 66.9 Å². The summed E-state index contributed by atoms with van der Waals surface area (Å²) in [5.41, 5.74) is 1.99. The normalized spacial score (nSPS) is 17.7. The molecule has 2 aromatic rings. The number of carbonyl (C=O) groups is 1. The molecule has 0 aromatic heterocycles. The van der Waals surface area contributed by atoms with Crippen LogP contribution in [0.1, 0.15) is 12.0 Å². The van der Waals surface area contributed by atoms with Crippen LogP contribution >= 0.6 is 11.6 Å². The number of halogens is 1. The molecule has 1 saturated heterocycles. The molecule has 0 N–H and O–H groups in total. The van der Waals surface area contributed by atoms with Crippen LogP contribution in [-0.2, 0) is 21.2 Å². The molecule has 3 rings (SSSR count). The molecule has 0 saturated carbocycles. The van der Waals surface area contributed by atoms with Gasteiger partial charge in [0.2, 0.25) is 0 Å². The van der Waals surface area contributed by atoms with Crippen LogP contribution in [0.25, 0.3) is 0 Å². The lowest BCUT2D eigenvalue weighted by Gasteiger charge is -2.28. The first-order chi connectivity index (χ1) is 13.7. The summed E-state index contributed by atoms with van der Waals surface area (Å²) in [5, 5.41) is 0.426. The van der Waals surface area contributed by atoms with Gasteiger partial charge in [0.15, 0.2) is 16.4 Å². The Labute approximate surface area is 176 Å².